The third-order valence-electron chi connectivity index (χ3n) is 2.64. The molecule has 0 aliphatic carbocycles. The van der Waals surface area contributed by atoms with Gasteiger partial charge in [0.15, 0.2) is 0 Å². The van der Waals surface area contributed by atoms with Crippen molar-refractivity contribution in [3.8, 4) is 5.75 Å². The van der Waals surface area contributed by atoms with Crippen LogP contribution in [0.4, 0.5) is 0 Å². The van der Waals surface area contributed by atoms with E-state index in [0.29, 0.717) is 11.9 Å². The first kappa shape index (κ1) is 14.9. The molecular formula is C14H20O3S. The number of carbonyl (C=O) groups is 1. The highest BCUT2D eigenvalue weighted by Gasteiger charge is 2.02. The number of ether oxygens (including phenoxy) is 1. The molecular weight excluding hydrogens is 248 g/mol. The number of hydrogen-bond donors (Lipinski definition) is 1. The van der Waals surface area contributed by atoms with Crippen LogP contribution in [-0.2, 0) is 0 Å². The minimum absolute atomic E-state index is 0.287. The van der Waals surface area contributed by atoms with Gasteiger partial charge in [-0.15, -0.1) is 0 Å². The van der Waals surface area contributed by atoms with Crippen molar-refractivity contribution >= 4 is 17.7 Å². The van der Waals surface area contributed by atoms with Crippen molar-refractivity contribution in [2.75, 3.05) is 12.4 Å². The van der Waals surface area contributed by atoms with E-state index in [0.717, 1.165) is 17.9 Å². The van der Waals surface area contributed by atoms with Crippen LogP contribution in [0.1, 0.15) is 37.0 Å². The molecule has 0 spiro atoms. The quantitative estimate of drug-likeness (QED) is 0.730. The van der Waals surface area contributed by atoms with Gasteiger partial charge >= 0.3 is 5.97 Å². The summed E-state index contributed by atoms with van der Waals surface area (Å²) in [6, 6.07) is 6.52. The van der Waals surface area contributed by atoms with Gasteiger partial charge in [0.25, 0.3) is 0 Å². The van der Waals surface area contributed by atoms with Crippen LogP contribution in [0.3, 0.4) is 0 Å². The average Bonchev–Trinajstić information content (AvgIpc) is 2.38. The van der Waals surface area contributed by atoms with Crippen molar-refractivity contribution in [3.05, 3.63) is 29.8 Å². The van der Waals surface area contributed by atoms with Crippen LogP contribution in [0.2, 0.25) is 0 Å². The average molecular weight is 268 g/mol. The van der Waals surface area contributed by atoms with E-state index in [1.807, 2.05) is 11.8 Å². The van der Waals surface area contributed by atoms with E-state index in [1.54, 1.807) is 24.3 Å². The molecule has 0 amide bonds. The molecule has 1 N–H and O–H groups in total. The fraction of sp³-hybridized carbons (Fsp3) is 0.500. The van der Waals surface area contributed by atoms with Crippen molar-refractivity contribution < 1.29 is 14.6 Å². The minimum atomic E-state index is -0.911. The molecule has 0 bridgehead atoms. The molecule has 0 aromatic heterocycles. The van der Waals surface area contributed by atoms with E-state index < -0.39 is 5.97 Å². The molecule has 4 heteroatoms. The standard InChI is InChI=1S/C14H20O3S/c1-3-11(2)18-10-4-9-17-13-7-5-12(6-8-13)14(15)16/h5-8,11H,3-4,9-10H2,1-2H3,(H,15,16). The summed E-state index contributed by atoms with van der Waals surface area (Å²) in [4.78, 5) is 10.7. The molecule has 100 valence electrons. The summed E-state index contributed by atoms with van der Waals surface area (Å²) in [5.41, 5.74) is 0.287. The second-order valence-electron chi connectivity index (χ2n) is 4.12. The van der Waals surface area contributed by atoms with Crippen LogP contribution in [0.15, 0.2) is 24.3 Å². The molecule has 0 heterocycles. The van der Waals surface area contributed by atoms with Crippen LogP contribution >= 0.6 is 11.8 Å². The SMILES string of the molecule is CCC(C)SCCCOc1ccc(C(=O)O)cc1. The summed E-state index contributed by atoms with van der Waals surface area (Å²) in [5, 5.41) is 9.46. The van der Waals surface area contributed by atoms with Crippen molar-refractivity contribution in [3.63, 3.8) is 0 Å². The maximum absolute atomic E-state index is 10.7. The Labute approximate surface area is 113 Å². The molecule has 1 atom stereocenters. The predicted octanol–water partition coefficient (Wildman–Crippen LogP) is 3.69. The maximum Gasteiger partial charge on any atom is 0.335 e. The number of benzene rings is 1. The van der Waals surface area contributed by atoms with E-state index in [1.165, 1.54) is 6.42 Å². The minimum Gasteiger partial charge on any atom is -0.494 e. The number of aromatic carboxylic acids is 1. The molecule has 0 fully saturated rings. The lowest BCUT2D eigenvalue weighted by Crippen LogP contribution is -2.02. The summed E-state index contributed by atoms with van der Waals surface area (Å²) in [7, 11) is 0. The highest BCUT2D eigenvalue weighted by molar-refractivity contribution is 7.99. The van der Waals surface area contributed by atoms with Crippen molar-refractivity contribution in [1.82, 2.24) is 0 Å². The molecule has 0 saturated heterocycles. The maximum atomic E-state index is 10.7. The lowest BCUT2D eigenvalue weighted by Gasteiger charge is -2.09. The Morgan fingerprint density at radius 1 is 1.39 bits per heavy atom. The number of rotatable bonds is 8. The Bertz CT molecular complexity index is 362. The summed E-state index contributed by atoms with van der Waals surface area (Å²) in [6.45, 7) is 5.10. The fourth-order valence-electron chi connectivity index (χ4n) is 1.35. The van der Waals surface area contributed by atoms with Gasteiger partial charge in [0.05, 0.1) is 12.2 Å². The third kappa shape index (κ3) is 5.45. The second kappa shape index (κ2) is 8.03. The Kier molecular flexibility index (Phi) is 6.65. The van der Waals surface area contributed by atoms with Crippen LogP contribution < -0.4 is 4.74 Å². The van der Waals surface area contributed by atoms with Crippen LogP contribution in [0, 0.1) is 0 Å². The summed E-state index contributed by atoms with van der Waals surface area (Å²) in [6.07, 6.45) is 2.21. The monoisotopic (exact) mass is 268 g/mol. The van der Waals surface area contributed by atoms with E-state index in [-0.39, 0.29) is 5.56 Å². The topological polar surface area (TPSA) is 46.5 Å². The van der Waals surface area contributed by atoms with E-state index in [4.69, 9.17) is 9.84 Å². The molecule has 3 nitrogen and oxygen atoms in total. The molecule has 18 heavy (non-hydrogen) atoms. The Balaban J connectivity index is 2.21. The predicted molar refractivity (Wildman–Crippen MR) is 75.7 cm³/mol. The van der Waals surface area contributed by atoms with Crippen LogP contribution in [0.25, 0.3) is 0 Å². The zero-order chi connectivity index (χ0) is 13.4. The lowest BCUT2D eigenvalue weighted by atomic mass is 10.2. The summed E-state index contributed by atoms with van der Waals surface area (Å²) in [5.74, 6) is 0.919. The van der Waals surface area contributed by atoms with Gasteiger partial charge in [0.1, 0.15) is 5.75 Å². The first-order valence-electron chi connectivity index (χ1n) is 6.21. The highest BCUT2D eigenvalue weighted by atomic mass is 32.2. The molecule has 0 aliphatic rings. The molecule has 1 unspecified atom stereocenters. The van der Waals surface area contributed by atoms with Crippen molar-refractivity contribution in [1.29, 1.82) is 0 Å². The largest absolute Gasteiger partial charge is 0.494 e. The number of carboxylic acid groups (broad SMARTS) is 1. The Morgan fingerprint density at radius 2 is 2.06 bits per heavy atom. The van der Waals surface area contributed by atoms with Gasteiger partial charge < -0.3 is 9.84 Å². The summed E-state index contributed by atoms with van der Waals surface area (Å²) >= 11 is 1.96. The number of thioether (sulfide) groups is 1. The zero-order valence-corrected chi connectivity index (χ0v) is 11.7. The molecule has 0 radical (unpaired) electrons. The molecule has 0 saturated carbocycles. The molecule has 1 aromatic rings. The first-order chi connectivity index (χ1) is 8.63. The smallest absolute Gasteiger partial charge is 0.335 e. The summed E-state index contributed by atoms with van der Waals surface area (Å²) < 4.78 is 5.55. The van der Waals surface area contributed by atoms with Gasteiger partial charge in [-0.25, -0.2) is 4.79 Å². The van der Waals surface area contributed by atoms with Gasteiger partial charge in [-0.2, -0.15) is 11.8 Å². The Hall–Kier alpha value is -1.16. The van der Waals surface area contributed by atoms with Gasteiger partial charge in [0, 0.05) is 5.25 Å². The van der Waals surface area contributed by atoms with Crippen molar-refractivity contribution in [2.24, 2.45) is 0 Å². The van der Waals surface area contributed by atoms with Crippen molar-refractivity contribution in [2.45, 2.75) is 31.9 Å². The lowest BCUT2D eigenvalue weighted by molar-refractivity contribution is 0.0697. The van der Waals surface area contributed by atoms with E-state index in [9.17, 15) is 4.79 Å². The van der Waals surface area contributed by atoms with Crippen LogP contribution in [-0.4, -0.2) is 28.7 Å². The highest BCUT2D eigenvalue weighted by Crippen LogP contribution is 2.16. The molecule has 0 aliphatic heterocycles. The first-order valence-corrected chi connectivity index (χ1v) is 7.26. The molecule has 1 rings (SSSR count). The van der Waals surface area contributed by atoms with Gasteiger partial charge in [-0.3, -0.25) is 0 Å². The normalized spacial score (nSPS) is 12.1. The van der Waals surface area contributed by atoms with Gasteiger partial charge in [-0.05, 0) is 42.9 Å². The zero-order valence-electron chi connectivity index (χ0n) is 10.9. The van der Waals surface area contributed by atoms with Gasteiger partial charge in [-0.1, -0.05) is 13.8 Å². The number of hydrogen-bond acceptors (Lipinski definition) is 3. The molecule has 1 aromatic carbocycles. The Morgan fingerprint density at radius 3 is 2.61 bits per heavy atom. The number of carboxylic acids is 1. The second-order valence-corrected chi connectivity index (χ2v) is 5.67. The van der Waals surface area contributed by atoms with E-state index >= 15 is 0 Å². The van der Waals surface area contributed by atoms with Gasteiger partial charge in [0.2, 0.25) is 0 Å². The third-order valence-corrected chi connectivity index (χ3v) is 4.06. The van der Waals surface area contributed by atoms with Crippen LogP contribution in [0.5, 0.6) is 5.75 Å². The fourth-order valence-corrected chi connectivity index (χ4v) is 2.27. The van der Waals surface area contributed by atoms with E-state index in [2.05, 4.69) is 13.8 Å².